The number of thiophene rings is 1. The molecule has 1 aromatic carbocycles. The molecule has 0 aliphatic heterocycles. The number of Topliss-reactive ketones (excluding diaryl/α,β-unsaturated/α-hetero) is 1. The van der Waals surface area contributed by atoms with E-state index in [0.29, 0.717) is 15.8 Å². The maximum absolute atomic E-state index is 12.1. The lowest BCUT2D eigenvalue weighted by Gasteiger charge is -2.12. The van der Waals surface area contributed by atoms with Crippen molar-refractivity contribution in [1.29, 1.82) is 0 Å². The van der Waals surface area contributed by atoms with Crippen molar-refractivity contribution >= 4 is 34.0 Å². The minimum absolute atomic E-state index is 0.0159. The molecule has 0 bridgehead atoms. The number of benzene rings is 1. The molecule has 1 atom stereocenters. The topological polar surface area (TPSA) is 89.1 Å². The van der Waals surface area contributed by atoms with Gasteiger partial charge >= 0.3 is 5.97 Å². The number of nitrogens with zero attached hydrogens (tertiary/aromatic N) is 1. The summed E-state index contributed by atoms with van der Waals surface area (Å²) in [6, 6.07) is 10.6. The minimum atomic E-state index is -0.709. The number of hydrogen-bond acceptors (Lipinski definition) is 6. The molecule has 0 unspecified atom stereocenters. The molecule has 0 aliphatic rings. The third-order valence-corrected chi connectivity index (χ3v) is 4.94. The van der Waals surface area contributed by atoms with Gasteiger partial charge in [-0.2, -0.15) is 0 Å². The molecule has 0 spiro atoms. The Kier molecular flexibility index (Phi) is 5.27. The first-order valence-electron chi connectivity index (χ1n) is 8.22. The Hall–Kier alpha value is -2.80. The molecule has 26 heavy (non-hydrogen) atoms. The highest BCUT2D eigenvalue weighted by Gasteiger charge is 2.17. The molecule has 134 valence electrons. The van der Waals surface area contributed by atoms with Gasteiger partial charge in [0.2, 0.25) is 0 Å². The molecule has 0 amide bonds. The summed E-state index contributed by atoms with van der Waals surface area (Å²) in [5, 5.41) is 0.478. The first-order valence-corrected chi connectivity index (χ1v) is 9.04. The van der Waals surface area contributed by atoms with Crippen molar-refractivity contribution in [2.75, 3.05) is 0 Å². The Morgan fingerprint density at radius 2 is 1.96 bits per heavy atom. The second-order valence-electron chi connectivity index (χ2n) is 5.93. The third kappa shape index (κ3) is 4.05. The predicted molar refractivity (Wildman–Crippen MR) is 99.5 cm³/mol. The van der Waals surface area contributed by atoms with Crippen molar-refractivity contribution < 1.29 is 14.3 Å². The van der Waals surface area contributed by atoms with Crippen molar-refractivity contribution in [3.8, 4) is 0 Å². The molecule has 6 nitrogen and oxygen atoms in total. The van der Waals surface area contributed by atoms with Crippen molar-refractivity contribution in [3.63, 3.8) is 0 Å². The molecule has 0 radical (unpaired) electrons. The number of hydrogen-bond donors (Lipinski definition) is 1. The zero-order valence-corrected chi connectivity index (χ0v) is 15.3. The number of ether oxygens (including phenoxy) is 1. The summed E-state index contributed by atoms with van der Waals surface area (Å²) >= 11 is 1.41. The van der Waals surface area contributed by atoms with Gasteiger partial charge in [-0.3, -0.25) is 14.4 Å². The number of aromatic nitrogens is 2. The van der Waals surface area contributed by atoms with Crippen LogP contribution in [0.3, 0.4) is 0 Å². The molecule has 0 fully saturated rings. The fraction of sp³-hybridized carbons (Fsp3) is 0.263. The third-order valence-electron chi connectivity index (χ3n) is 3.90. The number of rotatable bonds is 6. The SMILES string of the molecule is Cc1ccc(C(=O)CCC(=O)O[C@H](C)c2nc3ccccc3c(=O)[nH]2)s1. The van der Waals surface area contributed by atoms with Gasteiger partial charge in [-0.1, -0.05) is 12.1 Å². The van der Waals surface area contributed by atoms with Crippen LogP contribution >= 0.6 is 11.3 Å². The maximum Gasteiger partial charge on any atom is 0.306 e. The van der Waals surface area contributed by atoms with Crippen molar-refractivity contribution in [2.24, 2.45) is 0 Å². The van der Waals surface area contributed by atoms with Gasteiger partial charge in [-0.05, 0) is 38.1 Å². The fourth-order valence-electron chi connectivity index (χ4n) is 2.53. The number of carbonyl (C=O) groups is 2. The molecule has 0 aliphatic carbocycles. The molecule has 7 heteroatoms. The number of aryl methyl sites for hydroxylation is 1. The Bertz CT molecular complexity index is 1020. The van der Waals surface area contributed by atoms with E-state index in [1.807, 2.05) is 13.0 Å². The van der Waals surface area contributed by atoms with Crippen LogP contribution in [0.25, 0.3) is 10.9 Å². The summed E-state index contributed by atoms with van der Waals surface area (Å²) in [5.41, 5.74) is 0.258. The minimum Gasteiger partial charge on any atom is -0.454 e. The second kappa shape index (κ2) is 7.61. The Morgan fingerprint density at radius 1 is 1.19 bits per heavy atom. The normalized spacial score (nSPS) is 12.1. The van der Waals surface area contributed by atoms with Gasteiger partial charge in [-0.25, -0.2) is 4.98 Å². The highest BCUT2D eigenvalue weighted by molar-refractivity contribution is 7.14. The Morgan fingerprint density at radius 3 is 2.69 bits per heavy atom. The summed E-state index contributed by atoms with van der Waals surface area (Å²) in [5.74, 6) is -0.304. The van der Waals surface area contributed by atoms with Crippen LogP contribution in [-0.4, -0.2) is 21.7 Å². The monoisotopic (exact) mass is 370 g/mol. The molecule has 2 aromatic heterocycles. The molecule has 0 saturated heterocycles. The maximum atomic E-state index is 12.1. The van der Waals surface area contributed by atoms with E-state index in [-0.39, 0.29) is 30.0 Å². The van der Waals surface area contributed by atoms with Crippen LogP contribution in [0.2, 0.25) is 0 Å². The van der Waals surface area contributed by atoms with Crippen LogP contribution in [0.1, 0.15) is 46.2 Å². The van der Waals surface area contributed by atoms with Crippen LogP contribution in [0.5, 0.6) is 0 Å². The molecular weight excluding hydrogens is 352 g/mol. The van der Waals surface area contributed by atoms with Gasteiger partial charge < -0.3 is 9.72 Å². The lowest BCUT2D eigenvalue weighted by Crippen LogP contribution is -2.17. The first-order chi connectivity index (χ1) is 12.4. The zero-order valence-electron chi connectivity index (χ0n) is 14.4. The van der Waals surface area contributed by atoms with Gasteiger partial charge in [0, 0.05) is 11.3 Å². The van der Waals surface area contributed by atoms with E-state index < -0.39 is 12.1 Å². The van der Waals surface area contributed by atoms with E-state index >= 15 is 0 Å². The lowest BCUT2D eigenvalue weighted by molar-refractivity contribution is -0.148. The number of ketones is 1. The van der Waals surface area contributed by atoms with Gasteiger partial charge in [0.15, 0.2) is 17.7 Å². The van der Waals surface area contributed by atoms with Crippen LogP contribution in [-0.2, 0) is 9.53 Å². The van der Waals surface area contributed by atoms with Gasteiger partial charge in [-0.15, -0.1) is 11.3 Å². The first kappa shape index (κ1) is 18.0. The summed E-state index contributed by atoms with van der Waals surface area (Å²) in [6.07, 6.45) is -0.635. The van der Waals surface area contributed by atoms with E-state index in [1.54, 1.807) is 37.3 Å². The summed E-state index contributed by atoms with van der Waals surface area (Å²) in [4.78, 5) is 44.8. The average molecular weight is 370 g/mol. The largest absolute Gasteiger partial charge is 0.454 e. The van der Waals surface area contributed by atoms with Crippen LogP contribution in [0.15, 0.2) is 41.2 Å². The van der Waals surface area contributed by atoms with Gasteiger partial charge in [0.05, 0.1) is 22.2 Å². The fourth-order valence-corrected chi connectivity index (χ4v) is 3.37. The number of aromatic amines is 1. The summed E-state index contributed by atoms with van der Waals surface area (Å²) in [6.45, 7) is 3.56. The smallest absolute Gasteiger partial charge is 0.306 e. The van der Waals surface area contributed by atoms with E-state index in [4.69, 9.17) is 4.74 Å². The highest BCUT2D eigenvalue weighted by atomic mass is 32.1. The standard InChI is InChI=1S/C19H18N2O4S/c1-11-7-9-16(26-11)15(22)8-10-17(23)25-12(2)18-20-14-6-4-3-5-13(14)19(24)21-18/h3-7,9,12H,8,10H2,1-2H3,(H,20,21,24)/t12-/m1/s1. The summed E-state index contributed by atoms with van der Waals surface area (Å²) < 4.78 is 5.31. The average Bonchev–Trinajstić information content (AvgIpc) is 3.06. The predicted octanol–water partition coefficient (Wildman–Crippen LogP) is 3.56. The van der Waals surface area contributed by atoms with Crippen molar-refractivity contribution in [3.05, 3.63) is 62.3 Å². The van der Waals surface area contributed by atoms with E-state index in [2.05, 4.69) is 9.97 Å². The van der Waals surface area contributed by atoms with Crippen molar-refractivity contribution in [2.45, 2.75) is 32.8 Å². The highest BCUT2D eigenvalue weighted by Crippen LogP contribution is 2.19. The van der Waals surface area contributed by atoms with Crippen LogP contribution in [0.4, 0.5) is 0 Å². The second-order valence-corrected chi connectivity index (χ2v) is 7.22. The molecule has 3 aromatic rings. The van der Waals surface area contributed by atoms with Gasteiger partial charge in [0.1, 0.15) is 0 Å². The summed E-state index contributed by atoms with van der Waals surface area (Å²) in [7, 11) is 0. The quantitative estimate of drug-likeness (QED) is 0.529. The number of nitrogens with one attached hydrogen (secondary N) is 1. The molecule has 2 heterocycles. The van der Waals surface area contributed by atoms with Crippen molar-refractivity contribution in [1.82, 2.24) is 9.97 Å². The van der Waals surface area contributed by atoms with Gasteiger partial charge in [0.25, 0.3) is 5.56 Å². The van der Waals surface area contributed by atoms with Crippen LogP contribution in [0, 0.1) is 6.92 Å². The number of para-hydroxylation sites is 1. The zero-order chi connectivity index (χ0) is 18.7. The Balaban J connectivity index is 1.62. The Labute approximate surface area is 153 Å². The number of esters is 1. The number of H-pyrrole nitrogens is 1. The lowest BCUT2D eigenvalue weighted by atomic mass is 10.2. The van der Waals surface area contributed by atoms with E-state index in [1.165, 1.54) is 11.3 Å². The molecule has 3 rings (SSSR count). The molecular formula is C19H18N2O4S. The molecule has 1 N–H and O–H groups in total. The van der Waals surface area contributed by atoms with E-state index in [9.17, 15) is 14.4 Å². The van der Waals surface area contributed by atoms with Crippen LogP contribution < -0.4 is 5.56 Å². The number of carbonyl (C=O) groups excluding carboxylic acids is 2. The van der Waals surface area contributed by atoms with E-state index in [0.717, 1.165) is 4.88 Å². The number of fused-ring (bicyclic) bond motifs is 1. The molecule has 0 saturated carbocycles.